The number of nitrogens with zero attached hydrogens (tertiary/aromatic N) is 3. The fraction of sp³-hybridized carbons (Fsp3) is 0.364. The van der Waals surface area contributed by atoms with Gasteiger partial charge in [0.2, 0.25) is 5.89 Å². The van der Waals surface area contributed by atoms with E-state index in [1.807, 2.05) is 29.3 Å². The molecule has 174 valence electrons. The van der Waals surface area contributed by atoms with Crippen LogP contribution >= 0.6 is 11.3 Å². The molecule has 1 aliphatic rings. The van der Waals surface area contributed by atoms with Crippen molar-refractivity contribution >= 4 is 23.3 Å². The van der Waals surface area contributed by atoms with Gasteiger partial charge in [-0.05, 0) is 43.5 Å². The molecule has 3 aromatic heterocycles. The maximum Gasteiger partial charge on any atom is 0.338 e. The summed E-state index contributed by atoms with van der Waals surface area (Å²) in [7, 11) is 0. The molecule has 0 saturated heterocycles. The van der Waals surface area contributed by atoms with Gasteiger partial charge >= 0.3 is 12.0 Å². The van der Waals surface area contributed by atoms with Gasteiger partial charge in [0.1, 0.15) is 0 Å². The molecule has 0 aliphatic carbocycles. The van der Waals surface area contributed by atoms with Crippen molar-refractivity contribution in [2.45, 2.75) is 32.9 Å². The molecule has 0 spiro atoms. The van der Waals surface area contributed by atoms with Gasteiger partial charge < -0.3 is 24.2 Å². The van der Waals surface area contributed by atoms with E-state index in [-0.39, 0.29) is 12.6 Å². The third-order valence-corrected chi connectivity index (χ3v) is 5.89. The van der Waals surface area contributed by atoms with Gasteiger partial charge in [-0.3, -0.25) is 4.90 Å². The number of carbonyl (C=O) groups excluding carboxylic acids is 2. The molecule has 33 heavy (non-hydrogen) atoms. The van der Waals surface area contributed by atoms with Crippen molar-refractivity contribution < 1.29 is 23.2 Å². The lowest BCUT2D eigenvalue weighted by Gasteiger charge is -2.31. The molecule has 0 bridgehead atoms. The topological polar surface area (TPSA) is 123 Å². The summed E-state index contributed by atoms with van der Waals surface area (Å²) in [5, 5.41) is 15.7. The van der Waals surface area contributed by atoms with Crippen LogP contribution in [0.25, 0.3) is 11.7 Å². The second-order valence-corrected chi connectivity index (χ2v) is 8.33. The largest absolute Gasteiger partial charge is 0.463 e. The molecule has 4 heterocycles. The quantitative estimate of drug-likeness (QED) is 0.431. The summed E-state index contributed by atoms with van der Waals surface area (Å²) >= 11 is 1.47. The molecular formula is C22H25N5O5S. The summed E-state index contributed by atoms with van der Waals surface area (Å²) in [6.07, 6.45) is 2.39. The van der Waals surface area contributed by atoms with Crippen LogP contribution in [0.5, 0.6) is 0 Å². The molecule has 0 unspecified atom stereocenters. The molecule has 11 heteroatoms. The molecule has 1 atom stereocenters. The minimum absolute atomic E-state index is 0.233. The minimum atomic E-state index is -0.578. The Kier molecular flexibility index (Phi) is 7.20. The highest BCUT2D eigenvalue weighted by atomic mass is 32.1. The molecular weight excluding hydrogens is 446 g/mol. The lowest BCUT2D eigenvalue weighted by Crippen LogP contribution is -2.48. The van der Waals surface area contributed by atoms with Gasteiger partial charge in [-0.1, -0.05) is 13.0 Å². The van der Waals surface area contributed by atoms with Crippen molar-refractivity contribution in [2.75, 3.05) is 19.7 Å². The molecule has 0 radical (unpaired) electrons. The van der Waals surface area contributed by atoms with Crippen molar-refractivity contribution in [1.82, 2.24) is 25.7 Å². The molecule has 10 nitrogen and oxygen atoms in total. The summed E-state index contributed by atoms with van der Waals surface area (Å²) < 4.78 is 16.4. The van der Waals surface area contributed by atoms with Gasteiger partial charge in [-0.15, -0.1) is 21.5 Å². The average Bonchev–Trinajstić information content (AvgIpc) is 3.55. The first-order chi connectivity index (χ1) is 16.1. The number of carbonyl (C=O) groups is 2. The number of thiophene rings is 1. The maximum atomic E-state index is 12.9. The van der Waals surface area contributed by atoms with Crippen molar-refractivity contribution in [2.24, 2.45) is 0 Å². The molecule has 2 amide bonds. The highest BCUT2D eigenvalue weighted by molar-refractivity contribution is 7.10. The Balaban J connectivity index is 1.61. The second kappa shape index (κ2) is 10.5. The number of hydrogen-bond acceptors (Lipinski definition) is 9. The van der Waals surface area contributed by atoms with Crippen LogP contribution in [-0.4, -0.2) is 46.8 Å². The second-order valence-electron chi connectivity index (χ2n) is 7.35. The van der Waals surface area contributed by atoms with Crippen LogP contribution in [0, 0.1) is 0 Å². The lowest BCUT2D eigenvalue weighted by molar-refractivity contribution is -0.139. The smallest absolute Gasteiger partial charge is 0.338 e. The van der Waals surface area contributed by atoms with Crippen LogP contribution in [0.4, 0.5) is 4.79 Å². The van der Waals surface area contributed by atoms with Crippen LogP contribution in [0.2, 0.25) is 0 Å². The summed E-state index contributed by atoms with van der Waals surface area (Å²) in [6.45, 7) is 5.36. The van der Waals surface area contributed by atoms with Crippen molar-refractivity contribution in [3.8, 4) is 11.7 Å². The Bertz CT molecular complexity index is 1110. The Labute approximate surface area is 194 Å². The van der Waals surface area contributed by atoms with E-state index in [9.17, 15) is 9.59 Å². The van der Waals surface area contributed by atoms with Crippen LogP contribution in [-0.2, 0) is 16.1 Å². The number of furan rings is 1. The lowest BCUT2D eigenvalue weighted by atomic mass is 10.0. The Hall–Kier alpha value is -3.44. The number of urea groups is 1. The van der Waals surface area contributed by atoms with Gasteiger partial charge in [0.15, 0.2) is 5.76 Å². The van der Waals surface area contributed by atoms with Gasteiger partial charge in [0, 0.05) is 17.1 Å². The number of amides is 2. The monoisotopic (exact) mass is 471 g/mol. The summed E-state index contributed by atoms with van der Waals surface area (Å²) in [4.78, 5) is 28.3. The fourth-order valence-corrected chi connectivity index (χ4v) is 4.41. The number of hydrogen-bond donors (Lipinski definition) is 2. The van der Waals surface area contributed by atoms with Gasteiger partial charge in [-0.2, -0.15) is 0 Å². The van der Waals surface area contributed by atoms with Crippen molar-refractivity contribution in [3.63, 3.8) is 0 Å². The van der Waals surface area contributed by atoms with Gasteiger partial charge in [0.05, 0.1) is 31.0 Å². The van der Waals surface area contributed by atoms with Gasteiger partial charge in [0.25, 0.3) is 5.89 Å². The Morgan fingerprint density at radius 2 is 2.12 bits per heavy atom. The Morgan fingerprint density at radius 3 is 2.82 bits per heavy atom. The third-order valence-electron chi connectivity index (χ3n) is 4.96. The van der Waals surface area contributed by atoms with E-state index in [0.717, 1.165) is 11.3 Å². The van der Waals surface area contributed by atoms with Crippen molar-refractivity contribution in [3.05, 3.63) is 57.9 Å². The average molecular weight is 472 g/mol. The standard InChI is InChI=1S/C22H25N5O5S/c1-3-9-27(13-17-25-26-20(32-17)15-7-5-10-31-15)12-14-18(21(28)30-4-2)19(24-22(29)23-14)16-8-6-11-33-16/h5-8,10-11,19H,3-4,9,12-13H2,1-2H3,(H2,23,24,29)/t19-/m1/s1. The first-order valence-electron chi connectivity index (χ1n) is 10.7. The molecule has 4 rings (SSSR count). The van der Waals surface area contributed by atoms with E-state index in [4.69, 9.17) is 13.6 Å². The van der Waals surface area contributed by atoms with Crippen LogP contribution in [0.1, 0.15) is 37.1 Å². The predicted octanol–water partition coefficient (Wildman–Crippen LogP) is 3.47. The fourth-order valence-electron chi connectivity index (χ4n) is 3.62. The summed E-state index contributed by atoms with van der Waals surface area (Å²) in [5.41, 5.74) is 0.886. The van der Waals surface area contributed by atoms with Crippen LogP contribution in [0.15, 0.2) is 56.0 Å². The zero-order chi connectivity index (χ0) is 23.2. The van der Waals surface area contributed by atoms with Crippen LogP contribution < -0.4 is 10.6 Å². The van der Waals surface area contributed by atoms with E-state index in [2.05, 4.69) is 20.8 Å². The molecule has 0 saturated carbocycles. The van der Waals surface area contributed by atoms with Gasteiger partial charge in [-0.25, -0.2) is 9.59 Å². The first-order valence-corrected chi connectivity index (χ1v) is 11.6. The van der Waals surface area contributed by atoms with Crippen molar-refractivity contribution in [1.29, 1.82) is 0 Å². The maximum absolute atomic E-state index is 12.9. The highest BCUT2D eigenvalue weighted by Gasteiger charge is 2.35. The third kappa shape index (κ3) is 5.32. The highest BCUT2D eigenvalue weighted by Crippen LogP contribution is 2.31. The number of nitrogens with one attached hydrogen (secondary N) is 2. The van der Waals surface area contributed by atoms with E-state index in [0.29, 0.717) is 48.4 Å². The molecule has 0 aromatic carbocycles. The first kappa shape index (κ1) is 22.7. The molecule has 2 N–H and O–H groups in total. The zero-order valence-electron chi connectivity index (χ0n) is 18.4. The number of esters is 1. The normalized spacial score (nSPS) is 16.1. The molecule has 1 aliphatic heterocycles. The zero-order valence-corrected chi connectivity index (χ0v) is 19.2. The molecule has 3 aromatic rings. The number of rotatable bonds is 10. The Morgan fingerprint density at radius 1 is 1.24 bits per heavy atom. The molecule has 0 fully saturated rings. The van der Waals surface area contributed by atoms with E-state index >= 15 is 0 Å². The number of aromatic nitrogens is 2. The summed E-state index contributed by atoms with van der Waals surface area (Å²) in [5.74, 6) is 0.731. The summed E-state index contributed by atoms with van der Waals surface area (Å²) in [6, 6.07) is 6.31. The van der Waals surface area contributed by atoms with E-state index in [1.165, 1.54) is 17.6 Å². The predicted molar refractivity (Wildman–Crippen MR) is 120 cm³/mol. The SMILES string of the molecule is CCCN(CC1=C(C(=O)OCC)[C@@H](c2cccs2)NC(=O)N1)Cc1nnc(-c2ccco2)o1. The van der Waals surface area contributed by atoms with E-state index < -0.39 is 12.0 Å². The van der Waals surface area contributed by atoms with E-state index in [1.54, 1.807) is 19.1 Å². The van der Waals surface area contributed by atoms with Crippen LogP contribution in [0.3, 0.4) is 0 Å². The minimum Gasteiger partial charge on any atom is -0.463 e. The number of ether oxygens (including phenoxy) is 1.